The van der Waals surface area contributed by atoms with Crippen LogP contribution in [-0.4, -0.2) is 39.2 Å². The topological polar surface area (TPSA) is 69.9 Å². The predicted octanol–water partition coefficient (Wildman–Crippen LogP) is 3.54. The lowest BCUT2D eigenvalue weighted by molar-refractivity contribution is 0.382. The van der Waals surface area contributed by atoms with Gasteiger partial charge in [-0.3, -0.25) is 4.99 Å². The van der Waals surface area contributed by atoms with E-state index in [1.54, 1.807) is 21.3 Å². The van der Waals surface area contributed by atoms with Crippen LogP contribution in [0.1, 0.15) is 16.7 Å². The van der Waals surface area contributed by atoms with Gasteiger partial charge >= 0.3 is 0 Å². The van der Waals surface area contributed by atoms with Crippen LogP contribution in [0.2, 0.25) is 0 Å². The molecule has 0 aliphatic rings. The van der Waals surface area contributed by atoms with Crippen LogP contribution in [0.25, 0.3) is 0 Å². The Labute approximate surface area is 182 Å². The molecule has 0 radical (unpaired) electrons. The first-order valence-corrected chi connectivity index (χ1v) is 8.33. The van der Waals surface area contributed by atoms with Gasteiger partial charge in [-0.2, -0.15) is 5.26 Å². The second kappa shape index (κ2) is 11.3. The van der Waals surface area contributed by atoms with Crippen molar-refractivity contribution in [2.24, 2.45) is 4.99 Å². The molecule has 8 heteroatoms. The smallest absolute Gasteiger partial charge is 0.193 e. The first-order valence-electron chi connectivity index (χ1n) is 8.33. The van der Waals surface area contributed by atoms with Crippen molar-refractivity contribution >= 4 is 29.9 Å². The van der Waals surface area contributed by atoms with Crippen molar-refractivity contribution in [1.29, 1.82) is 5.26 Å². The molecule has 2 rings (SSSR count). The number of methoxy groups -OCH3 is 2. The van der Waals surface area contributed by atoms with Crippen LogP contribution in [-0.2, 0) is 13.1 Å². The summed E-state index contributed by atoms with van der Waals surface area (Å²) < 4.78 is 24.6. The summed E-state index contributed by atoms with van der Waals surface area (Å²) in [5.41, 5.74) is 1.78. The first-order chi connectivity index (χ1) is 13.0. The van der Waals surface area contributed by atoms with Gasteiger partial charge in [0.25, 0.3) is 0 Å². The van der Waals surface area contributed by atoms with E-state index in [2.05, 4.69) is 10.3 Å². The van der Waals surface area contributed by atoms with Gasteiger partial charge in [0.15, 0.2) is 5.96 Å². The highest BCUT2D eigenvalue weighted by Gasteiger charge is 2.12. The molecule has 0 heterocycles. The van der Waals surface area contributed by atoms with E-state index in [9.17, 15) is 4.39 Å². The number of hydrogen-bond donors (Lipinski definition) is 1. The Hall–Kier alpha value is -2.54. The molecule has 0 spiro atoms. The minimum Gasteiger partial charge on any atom is -0.497 e. The van der Waals surface area contributed by atoms with Crippen LogP contribution >= 0.6 is 24.0 Å². The minimum atomic E-state index is -0.364. The van der Waals surface area contributed by atoms with Crippen molar-refractivity contribution in [3.05, 3.63) is 58.9 Å². The molecule has 0 amide bonds. The van der Waals surface area contributed by atoms with Crippen molar-refractivity contribution in [2.45, 2.75) is 13.1 Å². The maximum Gasteiger partial charge on any atom is 0.193 e. The minimum absolute atomic E-state index is 0. The molecule has 6 nitrogen and oxygen atoms in total. The zero-order chi connectivity index (χ0) is 19.8. The van der Waals surface area contributed by atoms with Crippen molar-refractivity contribution in [3.63, 3.8) is 0 Å². The number of halogens is 2. The van der Waals surface area contributed by atoms with E-state index >= 15 is 0 Å². The number of aliphatic imine (C=N–C) groups is 1. The van der Waals surface area contributed by atoms with Gasteiger partial charge in [-0.05, 0) is 30.3 Å². The van der Waals surface area contributed by atoms with Gasteiger partial charge in [-0.25, -0.2) is 4.39 Å². The molecule has 0 fully saturated rings. The summed E-state index contributed by atoms with van der Waals surface area (Å²) in [7, 11) is 6.75. The summed E-state index contributed by atoms with van der Waals surface area (Å²) in [6, 6.07) is 11.9. The lowest BCUT2D eigenvalue weighted by atomic mass is 10.1. The number of nitriles is 1. The fraction of sp³-hybridized carbons (Fsp3) is 0.300. The highest BCUT2D eigenvalue weighted by molar-refractivity contribution is 14.0. The molecular weight excluding hydrogens is 474 g/mol. The third-order valence-corrected chi connectivity index (χ3v) is 4.09. The van der Waals surface area contributed by atoms with Crippen LogP contribution in [0.5, 0.6) is 11.5 Å². The number of ether oxygens (including phenoxy) is 2. The quantitative estimate of drug-likeness (QED) is 0.375. The molecule has 0 saturated carbocycles. The van der Waals surface area contributed by atoms with E-state index < -0.39 is 0 Å². The Bertz CT molecular complexity index is 868. The maximum absolute atomic E-state index is 13.9. The number of nitrogens with one attached hydrogen (secondary N) is 1. The maximum atomic E-state index is 13.9. The van der Waals surface area contributed by atoms with Crippen molar-refractivity contribution in [3.8, 4) is 17.6 Å². The highest BCUT2D eigenvalue weighted by atomic mass is 127. The van der Waals surface area contributed by atoms with Crippen LogP contribution in [0.4, 0.5) is 4.39 Å². The molecule has 0 unspecified atom stereocenters. The monoisotopic (exact) mass is 498 g/mol. The Kier molecular flexibility index (Phi) is 9.51. The summed E-state index contributed by atoms with van der Waals surface area (Å²) in [6.07, 6.45) is 0. The molecule has 2 aromatic rings. The summed E-state index contributed by atoms with van der Waals surface area (Å²) in [5, 5.41) is 12.1. The largest absolute Gasteiger partial charge is 0.497 e. The highest BCUT2D eigenvalue weighted by Crippen LogP contribution is 2.25. The molecule has 0 aromatic heterocycles. The summed E-state index contributed by atoms with van der Waals surface area (Å²) >= 11 is 0. The van der Waals surface area contributed by atoms with Gasteiger partial charge in [0.1, 0.15) is 17.3 Å². The van der Waals surface area contributed by atoms with Gasteiger partial charge in [0.2, 0.25) is 0 Å². The van der Waals surface area contributed by atoms with E-state index in [4.69, 9.17) is 14.7 Å². The predicted molar refractivity (Wildman–Crippen MR) is 118 cm³/mol. The fourth-order valence-electron chi connectivity index (χ4n) is 2.65. The van der Waals surface area contributed by atoms with Crippen molar-refractivity contribution in [2.75, 3.05) is 28.3 Å². The Morgan fingerprint density at radius 2 is 1.93 bits per heavy atom. The molecule has 1 N–H and O–H groups in total. The van der Waals surface area contributed by atoms with Gasteiger partial charge in [0.05, 0.1) is 25.9 Å². The van der Waals surface area contributed by atoms with Crippen LogP contribution in [0.15, 0.2) is 41.4 Å². The summed E-state index contributed by atoms with van der Waals surface area (Å²) in [4.78, 5) is 6.14. The van der Waals surface area contributed by atoms with Crippen LogP contribution in [0.3, 0.4) is 0 Å². The second-order valence-electron chi connectivity index (χ2n) is 5.85. The average Bonchev–Trinajstić information content (AvgIpc) is 2.69. The average molecular weight is 498 g/mol. The Morgan fingerprint density at radius 3 is 2.54 bits per heavy atom. The van der Waals surface area contributed by atoms with Crippen LogP contribution < -0.4 is 14.8 Å². The third-order valence-electron chi connectivity index (χ3n) is 4.09. The summed E-state index contributed by atoms with van der Waals surface area (Å²) in [5.74, 6) is 1.66. The van der Waals surface area contributed by atoms with Gasteiger partial charge < -0.3 is 19.7 Å². The molecule has 0 atom stereocenters. The Balaban J connectivity index is 0.00000392. The van der Waals surface area contributed by atoms with E-state index in [0.717, 1.165) is 5.56 Å². The summed E-state index contributed by atoms with van der Waals surface area (Å²) in [6.45, 7) is 0.756. The van der Waals surface area contributed by atoms with E-state index in [0.29, 0.717) is 35.1 Å². The van der Waals surface area contributed by atoms with E-state index in [1.165, 1.54) is 18.2 Å². The normalized spacial score (nSPS) is 10.5. The molecular formula is C20H24FIN4O2. The fourth-order valence-corrected chi connectivity index (χ4v) is 2.65. The number of guanidine groups is 1. The molecule has 28 heavy (non-hydrogen) atoms. The number of benzene rings is 2. The SMILES string of the molecule is CN=C(NCc1cc(C#N)ccc1F)N(C)Cc1ccc(OC)cc1OC.I. The first kappa shape index (κ1) is 23.5. The van der Waals surface area contributed by atoms with Crippen molar-refractivity contribution in [1.82, 2.24) is 10.2 Å². The zero-order valence-corrected chi connectivity index (χ0v) is 18.7. The molecule has 0 aliphatic carbocycles. The molecule has 0 bridgehead atoms. The van der Waals surface area contributed by atoms with E-state index in [1.807, 2.05) is 36.2 Å². The second-order valence-corrected chi connectivity index (χ2v) is 5.85. The third kappa shape index (κ3) is 5.99. The molecule has 0 aliphatic heterocycles. The van der Waals surface area contributed by atoms with Crippen LogP contribution in [0, 0.1) is 17.1 Å². The zero-order valence-electron chi connectivity index (χ0n) is 16.3. The molecule has 0 saturated heterocycles. The Morgan fingerprint density at radius 1 is 1.18 bits per heavy atom. The van der Waals surface area contributed by atoms with Gasteiger partial charge in [0, 0.05) is 44.4 Å². The lowest BCUT2D eigenvalue weighted by Gasteiger charge is -2.23. The molecule has 2 aromatic carbocycles. The number of rotatable bonds is 6. The number of hydrogen-bond acceptors (Lipinski definition) is 4. The standard InChI is InChI=1S/C20H23FN4O2.HI/c1-23-20(24-12-16-9-14(11-22)5-8-18(16)21)25(2)13-15-6-7-17(26-3)10-19(15)27-4;/h5-10H,12-13H2,1-4H3,(H,23,24);1H. The van der Waals surface area contributed by atoms with Gasteiger partial charge in [-0.1, -0.05) is 0 Å². The van der Waals surface area contributed by atoms with E-state index in [-0.39, 0.29) is 36.3 Å². The molecule has 150 valence electrons. The van der Waals surface area contributed by atoms with Gasteiger partial charge in [-0.15, -0.1) is 24.0 Å². The lowest BCUT2D eigenvalue weighted by Crippen LogP contribution is -2.38. The number of nitrogens with zero attached hydrogens (tertiary/aromatic N) is 3. The van der Waals surface area contributed by atoms with Crippen molar-refractivity contribution < 1.29 is 13.9 Å².